The van der Waals surface area contributed by atoms with Gasteiger partial charge in [-0.1, -0.05) is 18.2 Å². The summed E-state index contributed by atoms with van der Waals surface area (Å²) in [6.07, 6.45) is 0.818. The van der Waals surface area contributed by atoms with Crippen LogP contribution in [-0.4, -0.2) is 48.2 Å². The molecule has 0 unspecified atom stereocenters. The number of benzene rings is 1. The fourth-order valence-electron chi connectivity index (χ4n) is 2.17. The predicted octanol–water partition coefficient (Wildman–Crippen LogP) is 1.68. The van der Waals surface area contributed by atoms with E-state index in [4.69, 9.17) is 0 Å². The van der Waals surface area contributed by atoms with Crippen molar-refractivity contribution in [2.75, 3.05) is 26.7 Å². The molecule has 0 saturated carbocycles. The van der Waals surface area contributed by atoms with Gasteiger partial charge in [-0.3, -0.25) is 4.79 Å². The largest absolute Gasteiger partial charge is 0.389 e. The van der Waals surface area contributed by atoms with Gasteiger partial charge in [0.15, 0.2) is 0 Å². The first kappa shape index (κ1) is 16.7. The fourth-order valence-corrected chi connectivity index (χ4v) is 2.17. The van der Waals surface area contributed by atoms with Crippen LogP contribution in [0, 0.1) is 0 Å². The Bertz CT molecular complexity index is 438. The van der Waals surface area contributed by atoms with Crippen molar-refractivity contribution >= 4 is 5.91 Å². The molecule has 2 N–H and O–H groups in total. The molecule has 0 atom stereocenters. The molecule has 4 heteroatoms. The second-order valence-electron chi connectivity index (χ2n) is 5.64. The van der Waals surface area contributed by atoms with Crippen molar-refractivity contribution in [3.63, 3.8) is 0 Å². The summed E-state index contributed by atoms with van der Waals surface area (Å²) in [6.45, 7) is 7.12. The Morgan fingerprint density at radius 3 is 2.55 bits per heavy atom. The minimum absolute atomic E-state index is 0.0127. The SMILES string of the molecule is CCN(CC(C)(C)O)C(=O)c1ccccc1CCNC. The van der Waals surface area contributed by atoms with Gasteiger partial charge in [0.1, 0.15) is 0 Å². The van der Waals surface area contributed by atoms with E-state index < -0.39 is 5.60 Å². The third-order valence-electron chi connectivity index (χ3n) is 3.14. The summed E-state index contributed by atoms with van der Waals surface area (Å²) < 4.78 is 0. The fraction of sp³-hybridized carbons (Fsp3) is 0.562. The van der Waals surface area contributed by atoms with E-state index in [1.54, 1.807) is 18.7 Å². The Morgan fingerprint density at radius 2 is 2.00 bits per heavy atom. The van der Waals surface area contributed by atoms with Gasteiger partial charge in [-0.15, -0.1) is 0 Å². The number of hydrogen-bond donors (Lipinski definition) is 2. The number of nitrogens with zero attached hydrogens (tertiary/aromatic N) is 1. The molecule has 0 spiro atoms. The van der Waals surface area contributed by atoms with Crippen molar-refractivity contribution in [3.05, 3.63) is 35.4 Å². The maximum atomic E-state index is 12.6. The van der Waals surface area contributed by atoms with Crippen LogP contribution in [0.15, 0.2) is 24.3 Å². The smallest absolute Gasteiger partial charge is 0.254 e. The zero-order chi connectivity index (χ0) is 15.2. The summed E-state index contributed by atoms with van der Waals surface area (Å²) in [7, 11) is 1.90. The lowest BCUT2D eigenvalue weighted by molar-refractivity contribution is 0.0314. The van der Waals surface area contributed by atoms with Crippen molar-refractivity contribution < 1.29 is 9.90 Å². The second-order valence-corrected chi connectivity index (χ2v) is 5.64. The third kappa shape index (κ3) is 4.94. The highest BCUT2D eigenvalue weighted by molar-refractivity contribution is 5.95. The molecule has 0 aliphatic rings. The van der Waals surface area contributed by atoms with Crippen LogP contribution in [0.4, 0.5) is 0 Å². The van der Waals surface area contributed by atoms with E-state index in [9.17, 15) is 9.90 Å². The minimum Gasteiger partial charge on any atom is -0.389 e. The van der Waals surface area contributed by atoms with Crippen molar-refractivity contribution in [1.82, 2.24) is 10.2 Å². The number of carbonyl (C=O) groups excluding carboxylic acids is 1. The van der Waals surface area contributed by atoms with Crippen LogP contribution in [0.3, 0.4) is 0 Å². The number of rotatable bonds is 7. The molecule has 0 aromatic heterocycles. The molecule has 0 aliphatic carbocycles. The first-order valence-corrected chi connectivity index (χ1v) is 7.13. The van der Waals surface area contributed by atoms with Gasteiger partial charge in [0.2, 0.25) is 0 Å². The molecular formula is C16H26N2O2. The minimum atomic E-state index is -0.883. The van der Waals surface area contributed by atoms with E-state index in [0.717, 1.165) is 24.1 Å². The average molecular weight is 278 g/mol. The van der Waals surface area contributed by atoms with Gasteiger partial charge < -0.3 is 15.3 Å². The van der Waals surface area contributed by atoms with Crippen LogP contribution in [-0.2, 0) is 6.42 Å². The standard InChI is InChI=1S/C16H26N2O2/c1-5-18(12-16(2,3)20)15(19)14-9-7-6-8-13(14)10-11-17-4/h6-9,17,20H,5,10-12H2,1-4H3. The van der Waals surface area contributed by atoms with Gasteiger partial charge in [-0.05, 0) is 52.4 Å². The molecule has 0 bridgehead atoms. The molecule has 0 heterocycles. The Labute approximate surface area is 121 Å². The normalized spacial score (nSPS) is 11.4. The molecule has 0 radical (unpaired) electrons. The van der Waals surface area contributed by atoms with Crippen LogP contribution in [0.1, 0.15) is 36.7 Å². The maximum Gasteiger partial charge on any atom is 0.254 e. The van der Waals surface area contributed by atoms with Gasteiger partial charge in [-0.2, -0.15) is 0 Å². The molecule has 112 valence electrons. The van der Waals surface area contributed by atoms with Crippen molar-refractivity contribution in [3.8, 4) is 0 Å². The molecular weight excluding hydrogens is 252 g/mol. The first-order chi connectivity index (χ1) is 9.39. The van der Waals surface area contributed by atoms with E-state index in [1.165, 1.54) is 0 Å². The molecule has 4 nitrogen and oxygen atoms in total. The predicted molar refractivity (Wildman–Crippen MR) is 81.9 cm³/mol. The summed E-state index contributed by atoms with van der Waals surface area (Å²) in [6, 6.07) is 7.69. The van der Waals surface area contributed by atoms with Crippen LogP contribution in [0.25, 0.3) is 0 Å². The molecule has 1 aromatic rings. The zero-order valence-electron chi connectivity index (χ0n) is 12.9. The summed E-state index contributed by atoms with van der Waals surface area (Å²) in [5, 5.41) is 13.0. The topological polar surface area (TPSA) is 52.6 Å². The highest BCUT2D eigenvalue weighted by Crippen LogP contribution is 2.14. The van der Waals surface area contributed by atoms with E-state index in [1.807, 2.05) is 38.2 Å². The number of hydrogen-bond acceptors (Lipinski definition) is 3. The van der Waals surface area contributed by atoms with Gasteiger partial charge >= 0.3 is 0 Å². The second kappa shape index (κ2) is 7.41. The highest BCUT2D eigenvalue weighted by atomic mass is 16.3. The molecule has 1 rings (SSSR count). The third-order valence-corrected chi connectivity index (χ3v) is 3.14. The van der Waals surface area contributed by atoms with E-state index in [-0.39, 0.29) is 5.91 Å². The zero-order valence-corrected chi connectivity index (χ0v) is 12.9. The summed E-state index contributed by atoms with van der Waals surface area (Å²) >= 11 is 0. The number of carbonyl (C=O) groups is 1. The maximum absolute atomic E-state index is 12.6. The molecule has 1 aromatic carbocycles. The van der Waals surface area contributed by atoms with Crippen LogP contribution >= 0.6 is 0 Å². The Kier molecular flexibility index (Phi) is 6.17. The summed E-state index contributed by atoms with van der Waals surface area (Å²) in [5.41, 5.74) is 0.890. The van der Waals surface area contributed by atoms with Crippen molar-refractivity contribution in [2.45, 2.75) is 32.8 Å². The number of nitrogens with one attached hydrogen (secondary N) is 1. The monoisotopic (exact) mass is 278 g/mol. The lowest BCUT2D eigenvalue weighted by atomic mass is 10.0. The van der Waals surface area contributed by atoms with E-state index in [0.29, 0.717) is 13.1 Å². The van der Waals surface area contributed by atoms with Crippen LogP contribution < -0.4 is 5.32 Å². The van der Waals surface area contributed by atoms with Gasteiger partial charge in [0.25, 0.3) is 5.91 Å². The Balaban J connectivity index is 2.94. The Morgan fingerprint density at radius 1 is 1.35 bits per heavy atom. The van der Waals surface area contributed by atoms with Gasteiger partial charge in [0.05, 0.1) is 5.60 Å². The summed E-state index contributed by atoms with van der Waals surface area (Å²) in [5.74, 6) is -0.0127. The molecule has 1 amide bonds. The van der Waals surface area contributed by atoms with Crippen molar-refractivity contribution in [2.24, 2.45) is 0 Å². The molecule has 0 saturated heterocycles. The van der Waals surface area contributed by atoms with Gasteiger partial charge in [-0.25, -0.2) is 0 Å². The molecule has 0 fully saturated rings. The van der Waals surface area contributed by atoms with Crippen LogP contribution in [0.2, 0.25) is 0 Å². The lowest BCUT2D eigenvalue weighted by Gasteiger charge is -2.28. The van der Waals surface area contributed by atoms with E-state index in [2.05, 4.69) is 5.32 Å². The number of amides is 1. The highest BCUT2D eigenvalue weighted by Gasteiger charge is 2.23. The molecule has 20 heavy (non-hydrogen) atoms. The molecule has 0 aliphatic heterocycles. The lowest BCUT2D eigenvalue weighted by Crippen LogP contribution is -2.42. The Hall–Kier alpha value is -1.39. The first-order valence-electron chi connectivity index (χ1n) is 7.13. The van der Waals surface area contributed by atoms with Crippen molar-refractivity contribution in [1.29, 1.82) is 0 Å². The quantitative estimate of drug-likeness (QED) is 0.798. The number of aliphatic hydroxyl groups is 1. The number of likely N-dealkylation sites (N-methyl/N-ethyl adjacent to an activating group) is 2. The average Bonchev–Trinajstić information content (AvgIpc) is 2.41. The van der Waals surface area contributed by atoms with Crippen LogP contribution in [0.5, 0.6) is 0 Å². The summed E-state index contributed by atoms with van der Waals surface area (Å²) in [4.78, 5) is 14.3. The van der Waals surface area contributed by atoms with E-state index >= 15 is 0 Å². The van der Waals surface area contributed by atoms with Gasteiger partial charge in [0, 0.05) is 18.7 Å².